The van der Waals surface area contributed by atoms with Crippen molar-refractivity contribution in [2.75, 3.05) is 33.4 Å². The average molecular weight is 554 g/mol. The van der Waals surface area contributed by atoms with Crippen LogP contribution in [0.15, 0.2) is 42.6 Å². The summed E-state index contributed by atoms with van der Waals surface area (Å²) in [6.45, 7) is 4.11. The smallest absolute Gasteiger partial charge is 0.251 e. The summed E-state index contributed by atoms with van der Waals surface area (Å²) in [6, 6.07) is 11.8. The van der Waals surface area contributed by atoms with Crippen molar-refractivity contribution < 1.29 is 28.2 Å². The van der Waals surface area contributed by atoms with Gasteiger partial charge in [-0.25, -0.2) is 8.78 Å². The van der Waals surface area contributed by atoms with E-state index in [0.29, 0.717) is 24.9 Å². The number of benzene rings is 2. The lowest BCUT2D eigenvalue weighted by atomic mass is 9.56. The van der Waals surface area contributed by atoms with Gasteiger partial charge in [0, 0.05) is 46.7 Å². The number of hydrogen-bond donors (Lipinski definition) is 3. The minimum atomic E-state index is -2.26. The molecule has 2 saturated heterocycles. The Bertz CT molecular complexity index is 1380. The van der Waals surface area contributed by atoms with Gasteiger partial charge in [-0.3, -0.25) is 9.69 Å². The molecule has 3 aromatic rings. The van der Waals surface area contributed by atoms with Gasteiger partial charge in [-0.1, -0.05) is 12.1 Å². The van der Waals surface area contributed by atoms with E-state index in [1.807, 2.05) is 30.5 Å². The highest BCUT2D eigenvalue weighted by molar-refractivity contribution is 5.94. The number of carbonyl (C=O) groups excluding carboxylic acids is 1. The summed E-state index contributed by atoms with van der Waals surface area (Å²) in [5.41, 5.74) is 3.84. The fourth-order valence-electron chi connectivity index (χ4n) is 6.92. The van der Waals surface area contributed by atoms with E-state index in [0.717, 1.165) is 52.7 Å². The van der Waals surface area contributed by atoms with Crippen LogP contribution in [0.2, 0.25) is 0 Å². The van der Waals surface area contributed by atoms with Crippen molar-refractivity contribution >= 4 is 16.8 Å². The van der Waals surface area contributed by atoms with Crippen LogP contribution in [-0.2, 0) is 11.3 Å². The van der Waals surface area contributed by atoms with E-state index in [1.165, 1.54) is 0 Å². The Hall–Kier alpha value is -3.01. The molecule has 3 N–H and O–H groups in total. The summed E-state index contributed by atoms with van der Waals surface area (Å²) < 4.78 is 37.7. The van der Waals surface area contributed by atoms with Gasteiger partial charge in [0.15, 0.2) is 0 Å². The van der Waals surface area contributed by atoms with Crippen LogP contribution in [0.5, 0.6) is 5.75 Å². The van der Waals surface area contributed by atoms with Crippen LogP contribution in [0.25, 0.3) is 10.9 Å². The Morgan fingerprint density at radius 3 is 2.62 bits per heavy atom. The van der Waals surface area contributed by atoms with Crippen LogP contribution >= 0.6 is 0 Å². The van der Waals surface area contributed by atoms with Gasteiger partial charge in [-0.15, -0.1) is 0 Å². The molecule has 6 rings (SSSR count). The van der Waals surface area contributed by atoms with Crippen LogP contribution in [0.1, 0.15) is 58.8 Å². The Balaban J connectivity index is 1.25. The van der Waals surface area contributed by atoms with Gasteiger partial charge in [0.2, 0.25) is 6.43 Å². The first-order chi connectivity index (χ1) is 19.2. The van der Waals surface area contributed by atoms with Crippen molar-refractivity contribution in [3.63, 3.8) is 0 Å². The summed E-state index contributed by atoms with van der Waals surface area (Å²) >= 11 is 0. The lowest BCUT2D eigenvalue weighted by molar-refractivity contribution is -0.173. The second kappa shape index (κ2) is 10.4. The number of nitrogens with zero attached hydrogens (tertiary/aromatic N) is 1. The van der Waals surface area contributed by atoms with E-state index >= 15 is 0 Å². The van der Waals surface area contributed by atoms with Gasteiger partial charge in [0.1, 0.15) is 11.4 Å². The molecule has 1 aromatic heterocycles. The fraction of sp³-hybridized carbons (Fsp3) is 0.516. The van der Waals surface area contributed by atoms with Gasteiger partial charge in [-0.2, -0.15) is 0 Å². The van der Waals surface area contributed by atoms with Crippen molar-refractivity contribution in [3.05, 3.63) is 64.8 Å². The molecule has 1 atom stereocenters. The lowest BCUT2D eigenvalue weighted by Crippen LogP contribution is -2.56. The molecule has 214 valence electrons. The highest BCUT2D eigenvalue weighted by Gasteiger charge is 2.51. The van der Waals surface area contributed by atoms with Gasteiger partial charge >= 0.3 is 0 Å². The van der Waals surface area contributed by atoms with Gasteiger partial charge in [-0.05, 0) is 80.0 Å². The molecule has 3 heterocycles. The molecule has 1 amide bonds. The Labute approximate surface area is 232 Å². The third-order valence-electron chi connectivity index (χ3n) is 9.31. The monoisotopic (exact) mass is 553 g/mol. The number of hydrogen-bond acceptors (Lipinski definition) is 5. The number of halogens is 2. The number of aliphatic hydroxyl groups is 1. The van der Waals surface area contributed by atoms with E-state index in [4.69, 9.17) is 9.47 Å². The van der Waals surface area contributed by atoms with Crippen molar-refractivity contribution in [3.8, 4) is 5.75 Å². The maximum absolute atomic E-state index is 13.4. The first kappa shape index (κ1) is 27.2. The first-order valence-corrected chi connectivity index (χ1v) is 14.0. The number of alkyl halides is 2. The summed E-state index contributed by atoms with van der Waals surface area (Å²) in [4.78, 5) is 18.5. The highest BCUT2D eigenvalue weighted by atomic mass is 19.3. The summed E-state index contributed by atoms with van der Waals surface area (Å²) in [7, 11) is 1.69. The number of nitrogens with one attached hydrogen (secondary N) is 2. The normalized spacial score (nSPS) is 26.1. The maximum Gasteiger partial charge on any atom is 0.251 e. The molecule has 0 bridgehead atoms. The molecule has 0 unspecified atom stereocenters. The van der Waals surface area contributed by atoms with Crippen LogP contribution in [-0.4, -0.2) is 66.3 Å². The number of carbonyl (C=O) groups is 1. The number of amides is 1. The molecule has 1 saturated carbocycles. The third kappa shape index (κ3) is 4.99. The standard InChI is InChI=1S/C31H37F2N3O4/c1-19-11-26(39-2)24(23-7-9-34-27(19)23)15-36-10-8-30(12-22(13-30)28(32)33)14-25(36)20-3-5-21(6-4-20)29(37)35-16-31(38)17-40-18-31/h3-7,9,11,22,25,28,34,38H,8,10,12-18H2,1-2H3,(H,35,37)/t22?,25-,30?/m0/s1. The molecule has 7 nitrogen and oxygen atoms in total. The molecule has 1 aliphatic carbocycles. The quantitative estimate of drug-likeness (QED) is 0.367. The Morgan fingerprint density at radius 2 is 1.98 bits per heavy atom. The number of H-pyrrole nitrogens is 1. The van der Waals surface area contributed by atoms with Crippen LogP contribution in [0.3, 0.4) is 0 Å². The topological polar surface area (TPSA) is 86.8 Å². The molecular weight excluding hydrogens is 516 g/mol. The number of methoxy groups -OCH3 is 1. The molecule has 9 heteroatoms. The minimum absolute atomic E-state index is 0.0253. The number of aromatic amines is 1. The molecule has 2 aliphatic heterocycles. The zero-order valence-corrected chi connectivity index (χ0v) is 23.0. The molecule has 3 fully saturated rings. The molecule has 1 spiro atoms. The van der Waals surface area contributed by atoms with Crippen molar-refractivity contribution in [2.24, 2.45) is 11.3 Å². The van der Waals surface area contributed by atoms with E-state index < -0.39 is 17.9 Å². The number of rotatable bonds is 8. The molecule has 40 heavy (non-hydrogen) atoms. The van der Waals surface area contributed by atoms with Crippen LogP contribution in [0.4, 0.5) is 8.78 Å². The summed E-state index contributed by atoms with van der Waals surface area (Å²) in [5, 5.41) is 14.1. The van der Waals surface area contributed by atoms with E-state index in [-0.39, 0.29) is 37.1 Å². The van der Waals surface area contributed by atoms with Gasteiger partial charge < -0.3 is 24.9 Å². The largest absolute Gasteiger partial charge is 0.496 e. The van der Waals surface area contributed by atoms with E-state index in [1.54, 1.807) is 7.11 Å². The highest BCUT2D eigenvalue weighted by Crippen LogP contribution is 2.58. The average Bonchev–Trinajstić information content (AvgIpc) is 3.42. The number of aryl methyl sites for hydroxylation is 1. The number of fused-ring (bicyclic) bond motifs is 1. The number of piperidine rings is 1. The summed E-state index contributed by atoms with van der Waals surface area (Å²) in [6.07, 6.45) is 2.52. The van der Waals surface area contributed by atoms with Gasteiger partial charge in [0.25, 0.3) is 5.91 Å². The SMILES string of the molecule is COc1cc(C)c2[nH]ccc2c1CN1CCC2(CC(C(F)F)C2)C[C@H]1c1ccc(C(=O)NCC2(O)COC2)cc1. The zero-order chi connectivity index (χ0) is 28.1. The molecule has 2 aromatic carbocycles. The third-order valence-corrected chi connectivity index (χ3v) is 9.31. The second-order valence-corrected chi connectivity index (χ2v) is 12.1. The molecule has 0 radical (unpaired) electrons. The summed E-state index contributed by atoms with van der Waals surface area (Å²) in [5.74, 6) is 0.0864. The van der Waals surface area contributed by atoms with Crippen LogP contribution < -0.4 is 10.1 Å². The zero-order valence-electron chi connectivity index (χ0n) is 23.0. The Kier molecular flexibility index (Phi) is 7.09. The predicted octanol–water partition coefficient (Wildman–Crippen LogP) is 4.97. The van der Waals surface area contributed by atoms with E-state index in [2.05, 4.69) is 34.3 Å². The lowest BCUT2D eigenvalue weighted by Gasteiger charge is -2.55. The first-order valence-electron chi connectivity index (χ1n) is 14.0. The molecular formula is C31H37F2N3O4. The van der Waals surface area contributed by atoms with Crippen molar-refractivity contribution in [2.45, 2.75) is 57.2 Å². The number of likely N-dealkylation sites (tertiary alicyclic amines) is 1. The molecule has 3 aliphatic rings. The van der Waals surface area contributed by atoms with Gasteiger partial charge in [0.05, 0.1) is 26.9 Å². The predicted molar refractivity (Wildman–Crippen MR) is 148 cm³/mol. The van der Waals surface area contributed by atoms with Crippen molar-refractivity contribution in [1.29, 1.82) is 0 Å². The maximum atomic E-state index is 13.4. The van der Waals surface area contributed by atoms with E-state index in [9.17, 15) is 18.7 Å². The fourth-order valence-corrected chi connectivity index (χ4v) is 6.92. The number of ether oxygens (including phenoxy) is 2. The van der Waals surface area contributed by atoms with Crippen molar-refractivity contribution in [1.82, 2.24) is 15.2 Å². The second-order valence-electron chi connectivity index (χ2n) is 12.1. The van der Waals surface area contributed by atoms with Crippen LogP contribution in [0, 0.1) is 18.3 Å². The Morgan fingerprint density at radius 1 is 1.23 bits per heavy atom. The minimum Gasteiger partial charge on any atom is -0.496 e. The number of aromatic nitrogens is 1.